The minimum Gasteiger partial charge on any atom is -0.355 e. The van der Waals surface area contributed by atoms with Gasteiger partial charge < -0.3 is 15.0 Å². The summed E-state index contributed by atoms with van der Waals surface area (Å²) in [5.41, 5.74) is 4.41. The highest BCUT2D eigenvalue weighted by molar-refractivity contribution is 7.22. The maximum atomic E-state index is 4.35. The molecule has 0 atom stereocenters. The van der Waals surface area contributed by atoms with Crippen molar-refractivity contribution in [1.82, 2.24) is 24.9 Å². The van der Waals surface area contributed by atoms with Crippen molar-refractivity contribution in [2.45, 2.75) is 0 Å². The molecule has 0 saturated carbocycles. The van der Waals surface area contributed by atoms with Crippen LogP contribution in [0.5, 0.6) is 0 Å². The third-order valence-corrected chi connectivity index (χ3v) is 6.47. The summed E-state index contributed by atoms with van der Waals surface area (Å²) in [6, 6.07) is 17.2. The zero-order valence-corrected chi connectivity index (χ0v) is 17.9. The van der Waals surface area contributed by atoms with Crippen molar-refractivity contribution in [3.63, 3.8) is 0 Å². The topological polar surface area (TPSA) is 73.2 Å². The van der Waals surface area contributed by atoms with Gasteiger partial charge in [0.25, 0.3) is 0 Å². The minimum atomic E-state index is 0.875. The van der Waals surface area contributed by atoms with E-state index >= 15 is 0 Å². The molecule has 2 aromatic carbocycles. The molecule has 0 radical (unpaired) electrons. The van der Waals surface area contributed by atoms with Crippen molar-refractivity contribution >= 4 is 44.5 Å². The highest BCUT2D eigenvalue weighted by Crippen LogP contribution is 2.32. The molecule has 154 valence electrons. The number of fused-ring (bicyclic) bond motifs is 2. The monoisotopic (exact) mass is 433 g/mol. The maximum Gasteiger partial charge on any atom is 0.147 e. The number of nitrogens with zero attached hydrogens (tertiary/aromatic N) is 2. The number of allylic oxidation sites excluding steroid dienone is 2. The maximum absolute atomic E-state index is 4.35. The molecule has 0 amide bonds. The van der Waals surface area contributed by atoms with E-state index in [1.54, 1.807) is 23.7 Å². The Hall–Kier alpha value is -4.16. The lowest BCUT2D eigenvalue weighted by Crippen LogP contribution is -1.79. The zero-order valence-electron chi connectivity index (χ0n) is 17.0. The molecule has 6 heteroatoms. The normalized spacial score (nSPS) is 12.1. The first-order valence-electron chi connectivity index (χ1n) is 10.3. The molecule has 6 rings (SSSR count). The lowest BCUT2D eigenvalue weighted by Gasteiger charge is -1.96. The van der Waals surface area contributed by atoms with Gasteiger partial charge in [0.05, 0.1) is 4.88 Å². The summed E-state index contributed by atoms with van der Waals surface area (Å²) in [6.45, 7) is 0. The summed E-state index contributed by atoms with van der Waals surface area (Å²) in [7, 11) is 0. The van der Waals surface area contributed by atoms with Crippen molar-refractivity contribution in [2.24, 2.45) is 0 Å². The number of thiophene rings is 1. The van der Waals surface area contributed by atoms with Crippen LogP contribution in [0.3, 0.4) is 0 Å². The number of hydrogen-bond acceptors (Lipinski definition) is 3. The largest absolute Gasteiger partial charge is 0.355 e. The Morgan fingerprint density at radius 2 is 1.56 bits per heavy atom. The number of nitrogens with one attached hydrogen (secondary N) is 3. The average Bonchev–Trinajstić information content (AvgIpc) is 3.61. The van der Waals surface area contributed by atoms with Gasteiger partial charge in [0.1, 0.15) is 11.6 Å². The first kappa shape index (κ1) is 18.6. The molecule has 0 aliphatic rings. The van der Waals surface area contributed by atoms with Gasteiger partial charge >= 0.3 is 0 Å². The van der Waals surface area contributed by atoms with Crippen LogP contribution in [0.25, 0.3) is 55.2 Å². The summed E-state index contributed by atoms with van der Waals surface area (Å²) in [5, 5.41) is 2.42. The molecule has 0 spiro atoms. The van der Waals surface area contributed by atoms with Crippen LogP contribution in [0.2, 0.25) is 0 Å². The Morgan fingerprint density at radius 1 is 0.750 bits per heavy atom. The van der Waals surface area contributed by atoms with Crippen LogP contribution in [-0.2, 0) is 0 Å². The van der Waals surface area contributed by atoms with E-state index in [1.165, 1.54) is 21.0 Å². The predicted molar refractivity (Wildman–Crippen MR) is 133 cm³/mol. The minimum absolute atomic E-state index is 0.875. The van der Waals surface area contributed by atoms with E-state index in [2.05, 4.69) is 97.8 Å². The number of aromatic nitrogens is 5. The van der Waals surface area contributed by atoms with E-state index in [4.69, 9.17) is 0 Å². The second kappa shape index (κ2) is 7.83. The Balaban J connectivity index is 1.20. The fourth-order valence-corrected chi connectivity index (χ4v) is 4.87. The number of hydrogen-bond donors (Lipinski definition) is 3. The van der Waals surface area contributed by atoms with Gasteiger partial charge in [-0.3, -0.25) is 0 Å². The molecule has 0 unspecified atom stereocenters. The number of imidazole rings is 2. The van der Waals surface area contributed by atoms with Crippen LogP contribution in [0.15, 0.2) is 85.5 Å². The van der Waals surface area contributed by atoms with Crippen molar-refractivity contribution in [3.05, 3.63) is 96.7 Å². The molecular formula is C26H19N5S. The summed E-state index contributed by atoms with van der Waals surface area (Å²) in [4.78, 5) is 19.6. The van der Waals surface area contributed by atoms with Gasteiger partial charge in [-0.15, -0.1) is 11.3 Å². The van der Waals surface area contributed by atoms with E-state index in [1.807, 2.05) is 12.4 Å². The Bertz CT molecular complexity index is 1520. The molecule has 0 aliphatic heterocycles. The number of benzene rings is 2. The van der Waals surface area contributed by atoms with Gasteiger partial charge in [-0.25, -0.2) is 9.97 Å². The Morgan fingerprint density at radius 3 is 2.41 bits per heavy atom. The van der Waals surface area contributed by atoms with Crippen LogP contribution >= 0.6 is 11.3 Å². The van der Waals surface area contributed by atoms with Crippen molar-refractivity contribution in [2.75, 3.05) is 0 Å². The highest BCUT2D eigenvalue weighted by atomic mass is 32.1. The Kier molecular flexibility index (Phi) is 4.55. The predicted octanol–water partition coefficient (Wildman–Crippen LogP) is 6.89. The van der Waals surface area contributed by atoms with E-state index in [-0.39, 0.29) is 0 Å². The summed E-state index contributed by atoms with van der Waals surface area (Å²) >= 11 is 1.75. The standard InChI is InChI=1S/C26H19N5S/c1(3-17-5-6-19-16-24(32-23(19)13-17)26-29-11-12-30-26)2-4-21-14-18-7-8-20(15-22(18)31-21)25-27-9-10-28-25/h1-16,31H,(H,27,28)(H,29,30)/b3-1+,4-2+. The fourth-order valence-electron chi connectivity index (χ4n) is 3.80. The lowest BCUT2D eigenvalue weighted by molar-refractivity contribution is 1.31. The molecule has 0 saturated heterocycles. The summed E-state index contributed by atoms with van der Waals surface area (Å²) in [6.07, 6.45) is 15.6. The van der Waals surface area contributed by atoms with Crippen molar-refractivity contribution < 1.29 is 0 Å². The van der Waals surface area contributed by atoms with E-state index in [0.29, 0.717) is 0 Å². The van der Waals surface area contributed by atoms with Crippen molar-refractivity contribution in [1.29, 1.82) is 0 Å². The molecule has 5 nitrogen and oxygen atoms in total. The average molecular weight is 434 g/mol. The number of rotatable bonds is 5. The van der Waals surface area contributed by atoms with Gasteiger partial charge in [-0.05, 0) is 41.3 Å². The third kappa shape index (κ3) is 3.57. The van der Waals surface area contributed by atoms with Crippen LogP contribution in [0.4, 0.5) is 0 Å². The summed E-state index contributed by atoms with van der Waals surface area (Å²) < 4.78 is 1.26. The fraction of sp³-hybridized carbons (Fsp3) is 0. The van der Waals surface area contributed by atoms with Crippen molar-refractivity contribution in [3.8, 4) is 22.1 Å². The van der Waals surface area contributed by atoms with E-state index < -0.39 is 0 Å². The Labute approximate surface area is 188 Å². The molecule has 4 aromatic heterocycles. The van der Waals surface area contributed by atoms with Crippen LogP contribution in [0.1, 0.15) is 11.3 Å². The first-order valence-corrected chi connectivity index (χ1v) is 11.1. The molecule has 0 aliphatic carbocycles. The second-order valence-electron chi connectivity index (χ2n) is 7.53. The third-order valence-electron chi connectivity index (χ3n) is 5.37. The van der Waals surface area contributed by atoms with Gasteiger partial charge in [0, 0.05) is 51.6 Å². The van der Waals surface area contributed by atoms with E-state index in [0.717, 1.165) is 33.3 Å². The quantitative estimate of drug-likeness (QED) is 0.259. The van der Waals surface area contributed by atoms with Gasteiger partial charge in [-0.2, -0.15) is 0 Å². The SMILES string of the molecule is C(/C=C/c1cc2ccc(-c3ncc[nH]3)cc2[nH]1)=C\c1ccc2cc(-c3ncc[nH]3)sc2c1. The summed E-state index contributed by atoms with van der Waals surface area (Å²) in [5.74, 6) is 1.79. The van der Waals surface area contributed by atoms with Crippen LogP contribution < -0.4 is 0 Å². The van der Waals surface area contributed by atoms with Gasteiger partial charge in [0.2, 0.25) is 0 Å². The molecule has 4 heterocycles. The lowest BCUT2D eigenvalue weighted by atomic mass is 10.1. The van der Waals surface area contributed by atoms with Crippen LogP contribution in [0, 0.1) is 0 Å². The molecular weight excluding hydrogens is 414 g/mol. The number of H-pyrrole nitrogens is 3. The molecule has 0 fully saturated rings. The van der Waals surface area contributed by atoms with E-state index in [9.17, 15) is 0 Å². The second-order valence-corrected chi connectivity index (χ2v) is 8.61. The zero-order chi connectivity index (χ0) is 21.3. The first-order chi connectivity index (χ1) is 15.8. The molecule has 6 aromatic rings. The smallest absolute Gasteiger partial charge is 0.147 e. The highest BCUT2D eigenvalue weighted by Gasteiger charge is 2.06. The molecule has 32 heavy (non-hydrogen) atoms. The molecule has 3 N–H and O–H groups in total. The van der Waals surface area contributed by atoms with Gasteiger partial charge in [0.15, 0.2) is 0 Å². The van der Waals surface area contributed by atoms with Crippen LogP contribution in [-0.4, -0.2) is 24.9 Å². The van der Waals surface area contributed by atoms with Gasteiger partial charge in [-0.1, -0.05) is 42.5 Å². The molecule has 0 bridgehead atoms. The number of aromatic amines is 3.